The van der Waals surface area contributed by atoms with Crippen LogP contribution in [0.4, 0.5) is 0 Å². The Balaban J connectivity index is 2.42. The highest BCUT2D eigenvalue weighted by molar-refractivity contribution is 5.34. The standard InChI is InChI=1S/C16H22N2O/c1-5-14-10-15(18(6-2)17-14)16(19)13-8-11(3)7-12(4)9-13/h7-10,16,19H,5-6H2,1-4H3. The summed E-state index contributed by atoms with van der Waals surface area (Å²) in [7, 11) is 0. The van der Waals surface area contributed by atoms with Crippen LogP contribution in [0.15, 0.2) is 24.3 Å². The quantitative estimate of drug-likeness (QED) is 0.914. The minimum Gasteiger partial charge on any atom is -0.382 e. The van der Waals surface area contributed by atoms with E-state index >= 15 is 0 Å². The van der Waals surface area contributed by atoms with Crippen molar-refractivity contribution in [1.82, 2.24) is 9.78 Å². The van der Waals surface area contributed by atoms with E-state index in [-0.39, 0.29) is 0 Å². The van der Waals surface area contributed by atoms with Crippen molar-refractivity contribution in [2.45, 2.75) is 46.8 Å². The minimum atomic E-state index is -0.605. The molecule has 0 aliphatic carbocycles. The maximum absolute atomic E-state index is 10.6. The van der Waals surface area contributed by atoms with Crippen LogP contribution in [0.3, 0.4) is 0 Å². The molecule has 2 aromatic rings. The van der Waals surface area contributed by atoms with Crippen LogP contribution in [0, 0.1) is 13.8 Å². The molecule has 0 spiro atoms. The molecule has 1 aromatic carbocycles. The molecule has 19 heavy (non-hydrogen) atoms. The summed E-state index contributed by atoms with van der Waals surface area (Å²) in [5, 5.41) is 15.1. The third kappa shape index (κ3) is 2.87. The van der Waals surface area contributed by atoms with E-state index in [9.17, 15) is 5.11 Å². The summed E-state index contributed by atoms with van der Waals surface area (Å²) in [5.74, 6) is 0. The van der Waals surface area contributed by atoms with Crippen molar-refractivity contribution in [2.24, 2.45) is 0 Å². The number of aryl methyl sites for hydroxylation is 4. The summed E-state index contributed by atoms with van der Waals surface area (Å²) < 4.78 is 1.89. The van der Waals surface area contributed by atoms with Gasteiger partial charge in [-0.1, -0.05) is 36.2 Å². The Hall–Kier alpha value is -1.61. The molecule has 3 nitrogen and oxygen atoms in total. The van der Waals surface area contributed by atoms with E-state index in [1.807, 2.05) is 29.8 Å². The molecule has 0 bridgehead atoms. The molecule has 1 aromatic heterocycles. The number of hydrogen-bond acceptors (Lipinski definition) is 2. The fourth-order valence-corrected chi connectivity index (χ4v) is 2.47. The van der Waals surface area contributed by atoms with Gasteiger partial charge in [-0.05, 0) is 38.8 Å². The van der Waals surface area contributed by atoms with E-state index in [1.165, 1.54) is 11.1 Å². The first-order valence-corrected chi connectivity index (χ1v) is 6.88. The average molecular weight is 258 g/mol. The van der Waals surface area contributed by atoms with Crippen LogP contribution in [0.2, 0.25) is 0 Å². The van der Waals surface area contributed by atoms with Gasteiger partial charge < -0.3 is 5.11 Å². The topological polar surface area (TPSA) is 38.0 Å². The van der Waals surface area contributed by atoms with E-state index in [0.29, 0.717) is 0 Å². The van der Waals surface area contributed by atoms with Crippen molar-refractivity contribution >= 4 is 0 Å². The average Bonchev–Trinajstić information content (AvgIpc) is 2.80. The van der Waals surface area contributed by atoms with E-state index in [0.717, 1.165) is 29.9 Å². The largest absolute Gasteiger partial charge is 0.382 e. The normalized spacial score (nSPS) is 12.7. The Bertz CT molecular complexity index is 552. The van der Waals surface area contributed by atoms with Crippen molar-refractivity contribution in [3.05, 3.63) is 52.3 Å². The molecule has 0 saturated heterocycles. The Morgan fingerprint density at radius 3 is 2.26 bits per heavy atom. The minimum absolute atomic E-state index is 0.605. The summed E-state index contributed by atoms with van der Waals surface area (Å²) in [5.41, 5.74) is 5.19. The number of aliphatic hydroxyl groups excluding tert-OH is 1. The molecule has 1 N–H and O–H groups in total. The lowest BCUT2D eigenvalue weighted by molar-refractivity contribution is 0.208. The zero-order valence-corrected chi connectivity index (χ0v) is 12.1. The Labute approximate surface area is 114 Å². The first-order valence-electron chi connectivity index (χ1n) is 6.88. The maximum Gasteiger partial charge on any atom is 0.121 e. The molecule has 3 heteroatoms. The summed E-state index contributed by atoms with van der Waals surface area (Å²) in [4.78, 5) is 0. The van der Waals surface area contributed by atoms with E-state index in [1.54, 1.807) is 0 Å². The summed E-state index contributed by atoms with van der Waals surface area (Å²) in [6.45, 7) is 9.01. The zero-order valence-electron chi connectivity index (χ0n) is 12.1. The Morgan fingerprint density at radius 2 is 1.74 bits per heavy atom. The van der Waals surface area contributed by atoms with Gasteiger partial charge in [0.25, 0.3) is 0 Å². The first-order chi connectivity index (χ1) is 9.05. The second-order valence-electron chi connectivity index (χ2n) is 5.05. The van der Waals surface area contributed by atoms with Gasteiger partial charge in [0.15, 0.2) is 0 Å². The van der Waals surface area contributed by atoms with Crippen molar-refractivity contribution in [3.63, 3.8) is 0 Å². The number of rotatable bonds is 4. The number of benzene rings is 1. The molecule has 1 unspecified atom stereocenters. The fraction of sp³-hybridized carbons (Fsp3) is 0.438. The third-order valence-corrected chi connectivity index (χ3v) is 3.36. The van der Waals surface area contributed by atoms with Crippen molar-refractivity contribution < 1.29 is 5.11 Å². The zero-order chi connectivity index (χ0) is 14.0. The van der Waals surface area contributed by atoms with Crippen molar-refractivity contribution in [1.29, 1.82) is 0 Å². The van der Waals surface area contributed by atoms with Crippen LogP contribution < -0.4 is 0 Å². The van der Waals surface area contributed by atoms with Crippen LogP contribution in [0.5, 0.6) is 0 Å². The molecular weight excluding hydrogens is 236 g/mol. The predicted octanol–water partition coefficient (Wildman–Crippen LogP) is 3.16. The second-order valence-corrected chi connectivity index (χ2v) is 5.05. The molecule has 0 aliphatic heterocycles. The van der Waals surface area contributed by atoms with Crippen molar-refractivity contribution in [2.75, 3.05) is 0 Å². The smallest absolute Gasteiger partial charge is 0.121 e. The lowest BCUT2D eigenvalue weighted by Crippen LogP contribution is -2.09. The molecular formula is C16H22N2O. The summed E-state index contributed by atoms with van der Waals surface area (Å²) in [6, 6.07) is 8.20. The first kappa shape index (κ1) is 13.8. The molecule has 0 radical (unpaired) electrons. The predicted molar refractivity (Wildman–Crippen MR) is 77.3 cm³/mol. The number of nitrogens with zero attached hydrogens (tertiary/aromatic N) is 2. The summed E-state index contributed by atoms with van der Waals surface area (Å²) >= 11 is 0. The molecule has 0 amide bonds. The highest BCUT2D eigenvalue weighted by Gasteiger charge is 2.17. The lowest BCUT2D eigenvalue weighted by Gasteiger charge is -2.14. The van der Waals surface area contributed by atoms with Gasteiger partial charge >= 0.3 is 0 Å². The fourth-order valence-electron chi connectivity index (χ4n) is 2.47. The highest BCUT2D eigenvalue weighted by Crippen LogP contribution is 2.24. The highest BCUT2D eigenvalue weighted by atomic mass is 16.3. The van der Waals surface area contributed by atoms with Crippen LogP contribution in [0.25, 0.3) is 0 Å². The van der Waals surface area contributed by atoms with Gasteiger partial charge in [0.05, 0.1) is 11.4 Å². The van der Waals surface area contributed by atoms with Gasteiger partial charge in [-0.15, -0.1) is 0 Å². The third-order valence-electron chi connectivity index (χ3n) is 3.36. The Morgan fingerprint density at radius 1 is 1.11 bits per heavy atom. The van der Waals surface area contributed by atoms with Crippen LogP contribution in [-0.2, 0) is 13.0 Å². The second kappa shape index (κ2) is 5.57. The number of aliphatic hydroxyl groups is 1. The molecule has 102 valence electrons. The number of hydrogen-bond donors (Lipinski definition) is 1. The molecule has 0 saturated carbocycles. The molecule has 0 fully saturated rings. The van der Waals surface area contributed by atoms with Crippen LogP contribution in [-0.4, -0.2) is 14.9 Å². The van der Waals surface area contributed by atoms with E-state index < -0.39 is 6.10 Å². The van der Waals surface area contributed by atoms with Gasteiger partial charge in [-0.3, -0.25) is 4.68 Å². The van der Waals surface area contributed by atoms with Gasteiger partial charge in [0.2, 0.25) is 0 Å². The monoisotopic (exact) mass is 258 g/mol. The molecule has 2 rings (SSSR count). The van der Waals surface area contributed by atoms with Gasteiger partial charge in [-0.25, -0.2) is 0 Å². The van der Waals surface area contributed by atoms with E-state index in [4.69, 9.17) is 0 Å². The van der Waals surface area contributed by atoms with Gasteiger partial charge in [-0.2, -0.15) is 5.10 Å². The summed E-state index contributed by atoms with van der Waals surface area (Å²) in [6.07, 6.45) is 0.283. The van der Waals surface area contributed by atoms with E-state index in [2.05, 4.69) is 31.9 Å². The van der Waals surface area contributed by atoms with Crippen molar-refractivity contribution in [3.8, 4) is 0 Å². The molecule has 1 atom stereocenters. The van der Waals surface area contributed by atoms with Crippen LogP contribution in [0.1, 0.15) is 48.0 Å². The maximum atomic E-state index is 10.6. The van der Waals surface area contributed by atoms with Gasteiger partial charge in [0, 0.05) is 6.54 Å². The SMILES string of the molecule is CCc1cc(C(O)c2cc(C)cc(C)c2)n(CC)n1. The van der Waals surface area contributed by atoms with Crippen LogP contribution >= 0.6 is 0 Å². The number of aromatic nitrogens is 2. The lowest BCUT2D eigenvalue weighted by atomic mass is 10.0. The Kier molecular flexibility index (Phi) is 4.05. The van der Waals surface area contributed by atoms with Gasteiger partial charge in [0.1, 0.15) is 6.10 Å². The molecule has 1 heterocycles. The molecule has 0 aliphatic rings.